The third-order valence-electron chi connectivity index (χ3n) is 3.49. The van der Waals surface area contributed by atoms with Gasteiger partial charge in [-0.3, -0.25) is 0 Å². The molecular weight excluding hydrogens is 233 g/mol. The number of nitrogens with one attached hydrogen (secondary N) is 1. The molecule has 4 heteroatoms. The van der Waals surface area contributed by atoms with Crippen LogP contribution in [0.15, 0.2) is 24.3 Å². The lowest BCUT2D eigenvalue weighted by molar-refractivity contribution is 0.0851. The molecule has 0 aromatic heterocycles. The van der Waals surface area contributed by atoms with Gasteiger partial charge in [0.1, 0.15) is 12.7 Å². The first kappa shape index (κ1) is 13.3. The Labute approximate surface area is 107 Å². The smallest absolute Gasteiger partial charge is 0.165 e. The summed E-state index contributed by atoms with van der Waals surface area (Å²) in [6.45, 7) is 2.73. The minimum absolute atomic E-state index is 0.101. The van der Waals surface area contributed by atoms with E-state index in [1.807, 2.05) is 0 Å². The summed E-state index contributed by atoms with van der Waals surface area (Å²) >= 11 is 0. The number of ether oxygens (including phenoxy) is 1. The topological polar surface area (TPSA) is 41.5 Å². The molecule has 100 valence electrons. The highest BCUT2D eigenvalue weighted by molar-refractivity contribution is 5.23. The molecule has 1 aromatic rings. The zero-order valence-electron chi connectivity index (χ0n) is 10.7. The number of benzene rings is 1. The summed E-state index contributed by atoms with van der Waals surface area (Å²) in [7, 11) is 0. The third-order valence-corrected chi connectivity index (χ3v) is 3.49. The molecule has 2 N–H and O–H groups in total. The summed E-state index contributed by atoms with van der Waals surface area (Å²) in [5.74, 6) is -0.213. The fraction of sp³-hybridized carbons (Fsp3) is 0.571. The van der Waals surface area contributed by atoms with Gasteiger partial charge in [-0.25, -0.2) is 4.39 Å². The van der Waals surface area contributed by atoms with Crippen LogP contribution in [0.3, 0.4) is 0 Å². The van der Waals surface area contributed by atoms with Crippen LogP contribution in [-0.2, 0) is 0 Å². The first-order valence-corrected chi connectivity index (χ1v) is 6.39. The summed E-state index contributed by atoms with van der Waals surface area (Å²) in [5, 5.41) is 13.1. The maximum Gasteiger partial charge on any atom is 0.165 e. The van der Waals surface area contributed by atoms with Crippen molar-refractivity contribution in [2.45, 2.75) is 37.8 Å². The van der Waals surface area contributed by atoms with Crippen LogP contribution in [0.1, 0.15) is 26.2 Å². The second-order valence-electron chi connectivity index (χ2n) is 5.19. The molecule has 3 nitrogen and oxygen atoms in total. The summed E-state index contributed by atoms with van der Waals surface area (Å²) in [5.41, 5.74) is 0.166. The minimum Gasteiger partial charge on any atom is -0.488 e. The Balaban J connectivity index is 1.71. The number of hydrogen-bond acceptors (Lipinski definition) is 3. The summed E-state index contributed by atoms with van der Waals surface area (Å²) in [6, 6.07) is 6.22. The van der Waals surface area contributed by atoms with Crippen LogP contribution in [0.25, 0.3) is 0 Å². The highest BCUT2D eigenvalue weighted by atomic mass is 19.1. The predicted octanol–water partition coefficient (Wildman–Crippen LogP) is 2.10. The quantitative estimate of drug-likeness (QED) is 0.815. The zero-order chi connectivity index (χ0) is 13.0. The third kappa shape index (κ3) is 3.43. The van der Waals surface area contributed by atoms with Gasteiger partial charge in [0.2, 0.25) is 0 Å². The van der Waals surface area contributed by atoms with E-state index >= 15 is 0 Å². The molecule has 0 spiro atoms. The monoisotopic (exact) mass is 253 g/mol. The molecule has 1 unspecified atom stereocenters. The number of aliphatic hydroxyl groups is 1. The number of β-amino-alcohol motifs (C(OH)–C–C–N with tert-alkyl or cyclic N) is 1. The van der Waals surface area contributed by atoms with E-state index < -0.39 is 11.9 Å². The molecule has 1 aromatic carbocycles. The molecule has 0 heterocycles. The van der Waals surface area contributed by atoms with Gasteiger partial charge >= 0.3 is 0 Å². The van der Waals surface area contributed by atoms with Crippen LogP contribution in [0.5, 0.6) is 5.75 Å². The van der Waals surface area contributed by atoms with Gasteiger partial charge in [0, 0.05) is 12.1 Å². The maximum absolute atomic E-state index is 13.3. The van der Waals surface area contributed by atoms with Gasteiger partial charge in [-0.1, -0.05) is 12.1 Å². The van der Waals surface area contributed by atoms with Gasteiger partial charge in [-0.2, -0.15) is 0 Å². The van der Waals surface area contributed by atoms with Crippen LogP contribution in [0.4, 0.5) is 4.39 Å². The number of halogens is 1. The summed E-state index contributed by atoms with van der Waals surface area (Å²) in [6.07, 6.45) is 2.91. The first-order valence-electron chi connectivity index (χ1n) is 6.39. The Bertz CT molecular complexity index is 393. The summed E-state index contributed by atoms with van der Waals surface area (Å²) in [4.78, 5) is 0. The molecule has 0 amide bonds. The van der Waals surface area contributed by atoms with E-state index in [1.165, 1.54) is 12.5 Å². The molecule has 0 saturated heterocycles. The zero-order valence-corrected chi connectivity index (χ0v) is 10.7. The van der Waals surface area contributed by atoms with Crippen LogP contribution in [0, 0.1) is 5.82 Å². The Kier molecular flexibility index (Phi) is 4.19. The lowest BCUT2D eigenvalue weighted by Crippen LogP contribution is -2.51. The van der Waals surface area contributed by atoms with Crippen molar-refractivity contribution < 1.29 is 14.2 Å². The van der Waals surface area contributed by atoms with Crippen molar-refractivity contribution in [1.82, 2.24) is 5.32 Å². The molecular formula is C14H20FNO2. The molecule has 1 atom stereocenters. The van der Waals surface area contributed by atoms with E-state index in [0.717, 1.165) is 12.8 Å². The van der Waals surface area contributed by atoms with Crippen molar-refractivity contribution in [3.05, 3.63) is 30.1 Å². The van der Waals surface area contributed by atoms with Crippen molar-refractivity contribution in [1.29, 1.82) is 0 Å². The van der Waals surface area contributed by atoms with Crippen molar-refractivity contribution in [2.75, 3.05) is 13.2 Å². The largest absolute Gasteiger partial charge is 0.488 e. The second kappa shape index (κ2) is 5.67. The van der Waals surface area contributed by atoms with Gasteiger partial charge in [0.25, 0.3) is 0 Å². The average molecular weight is 253 g/mol. The van der Waals surface area contributed by atoms with Crippen molar-refractivity contribution >= 4 is 0 Å². The molecule has 1 aliphatic rings. The fourth-order valence-electron chi connectivity index (χ4n) is 2.05. The predicted molar refractivity (Wildman–Crippen MR) is 68.2 cm³/mol. The number of hydrogen-bond donors (Lipinski definition) is 2. The van der Waals surface area contributed by atoms with Crippen LogP contribution in [0.2, 0.25) is 0 Å². The molecule has 0 bridgehead atoms. The standard InChI is InChI=1S/C14H20FNO2/c1-14(7-4-8-14)16-9-11(17)10-18-13-6-3-2-5-12(13)15/h2-3,5-6,11,16-17H,4,7-10H2,1H3. The van der Waals surface area contributed by atoms with Crippen molar-refractivity contribution in [3.8, 4) is 5.75 Å². The highest BCUT2D eigenvalue weighted by Crippen LogP contribution is 2.30. The average Bonchev–Trinajstić information content (AvgIpc) is 2.33. The maximum atomic E-state index is 13.3. The molecule has 18 heavy (non-hydrogen) atoms. The Morgan fingerprint density at radius 2 is 2.17 bits per heavy atom. The van der Waals surface area contributed by atoms with E-state index in [0.29, 0.717) is 6.54 Å². The van der Waals surface area contributed by atoms with Gasteiger partial charge in [0.15, 0.2) is 11.6 Å². The van der Waals surface area contributed by atoms with Crippen molar-refractivity contribution in [3.63, 3.8) is 0 Å². The van der Waals surface area contributed by atoms with Gasteiger partial charge < -0.3 is 15.2 Å². The second-order valence-corrected chi connectivity index (χ2v) is 5.19. The molecule has 0 aliphatic heterocycles. The van der Waals surface area contributed by atoms with E-state index in [4.69, 9.17) is 4.74 Å². The van der Waals surface area contributed by atoms with Crippen LogP contribution >= 0.6 is 0 Å². The van der Waals surface area contributed by atoms with E-state index in [1.54, 1.807) is 18.2 Å². The van der Waals surface area contributed by atoms with E-state index in [2.05, 4.69) is 12.2 Å². The Hall–Kier alpha value is -1.13. The van der Waals surface area contributed by atoms with E-state index in [-0.39, 0.29) is 17.9 Å². The molecule has 1 saturated carbocycles. The molecule has 1 fully saturated rings. The number of para-hydroxylation sites is 1. The highest BCUT2D eigenvalue weighted by Gasteiger charge is 2.31. The Morgan fingerprint density at radius 3 is 2.78 bits per heavy atom. The van der Waals surface area contributed by atoms with Crippen molar-refractivity contribution in [2.24, 2.45) is 0 Å². The molecule has 1 aliphatic carbocycles. The SMILES string of the molecule is CC1(NCC(O)COc2ccccc2F)CCC1. The van der Waals surface area contributed by atoms with E-state index in [9.17, 15) is 9.50 Å². The van der Waals surface area contributed by atoms with Gasteiger partial charge in [-0.15, -0.1) is 0 Å². The van der Waals surface area contributed by atoms with Gasteiger partial charge in [-0.05, 0) is 38.3 Å². The number of aliphatic hydroxyl groups excluding tert-OH is 1. The lowest BCUT2D eigenvalue weighted by atomic mass is 9.78. The first-order chi connectivity index (χ1) is 8.59. The normalized spacial score (nSPS) is 19.1. The molecule has 0 radical (unpaired) electrons. The Morgan fingerprint density at radius 1 is 1.44 bits per heavy atom. The van der Waals surface area contributed by atoms with Crippen LogP contribution < -0.4 is 10.1 Å². The van der Waals surface area contributed by atoms with Gasteiger partial charge in [0.05, 0.1) is 0 Å². The molecule has 2 rings (SSSR count). The number of rotatable bonds is 6. The van der Waals surface area contributed by atoms with Crippen LogP contribution in [-0.4, -0.2) is 29.9 Å². The fourth-order valence-corrected chi connectivity index (χ4v) is 2.05. The minimum atomic E-state index is -0.623. The summed E-state index contributed by atoms with van der Waals surface area (Å²) < 4.78 is 18.5. The lowest BCUT2D eigenvalue weighted by Gasteiger charge is -2.40.